The zero-order valence-electron chi connectivity index (χ0n) is 15.4. The summed E-state index contributed by atoms with van der Waals surface area (Å²) in [5, 5.41) is 6.85. The van der Waals surface area contributed by atoms with Crippen LogP contribution in [0.2, 0.25) is 0 Å². The van der Waals surface area contributed by atoms with E-state index in [1.807, 2.05) is 19.1 Å². The molecule has 0 saturated heterocycles. The summed E-state index contributed by atoms with van der Waals surface area (Å²) in [6.07, 6.45) is 4.74. The van der Waals surface area contributed by atoms with Crippen LogP contribution >= 0.6 is 0 Å². The molecule has 7 heteroatoms. The molecule has 7 nitrogen and oxygen atoms in total. The van der Waals surface area contributed by atoms with E-state index in [9.17, 15) is 4.79 Å². The molecule has 27 heavy (non-hydrogen) atoms. The summed E-state index contributed by atoms with van der Waals surface area (Å²) in [6, 6.07) is 9.64. The van der Waals surface area contributed by atoms with Crippen LogP contribution in [0, 0.1) is 6.92 Å². The first kappa shape index (κ1) is 18.6. The number of rotatable bonds is 8. The lowest BCUT2D eigenvalue weighted by Crippen LogP contribution is -2.26. The molecule has 3 aromatic rings. The Morgan fingerprint density at radius 1 is 1.19 bits per heavy atom. The number of benzene rings is 1. The summed E-state index contributed by atoms with van der Waals surface area (Å²) in [5.74, 6) is 1.73. The van der Waals surface area contributed by atoms with Gasteiger partial charge in [0.15, 0.2) is 0 Å². The summed E-state index contributed by atoms with van der Waals surface area (Å²) in [5.41, 5.74) is 3.08. The summed E-state index contributed by atoms with van der Waals surface area (Å²) in [7, 11) is 1.65. The van der Waals surface area contributed by atoms with Gasteiger partial charge in [-0.25, -0.2) is 0 Å². The van der Waals surface area contributed by atoms with Crippen LogP contribution in [-0.2, 0) is 17.6 Å². The van der Waals surface area contributed by atoms with Gasteiger partial charge in [-0.05, 0) is 37.1 Å². The van der Waals surface area contributed by atoms with Crippen molar-refractivity contribution in [3.8, 4) is 17.1 Å². The maximum atomic E-state index is 12.1. The molecule has 2 heterocycles. The van der Waals surface area contributed by atoms with Gasteiger partial charge in [0.05, 0.1) is 7.11 Å². The number of pyridine rings is 1. The molecule has 0 spiro atoms. The van der Waals surface area contributed by atoms with Crippen molar-refractivity contribution in [1.29, 1.82) is 0 Å². The number of amides is 1. The van der Waals surface area contributed by atoms with E-state index in [1.54, 1.807) is 31.6 Å². The first-order valence-corrected chi connectivity index (χ1v) is 8.79. The van der Waals surface area contributed by atoms with Gasteiger partial charge in [-0.2, -0.15) is 4.98 Å². The number of carbonyl (C=O) groups excluding carboxylic acids is 1. The fourth-order valence-electron chi connectivity index (χ4n) is 2.72. The molecule has 0 fully saturated rings. The van der Waals surface area contributed by atoms with Crippen molar-refractivity contribution < 1.29 is 14.1 Å². The fourth-order valence-corrected chi connectivity index (χ4v) is 2.72. The lowest BCUT2D eigenvalue weighted by Gasteiger charge is -2.10. The standard InChI is InChI=1S/C20H22N4O3/c1-14-3-4-17(26-2)16(13-14)9-12-22-18(25)5-6-19-23-20(24-27-19)15-7-10-21-11-8-15/h3-4,7-8,10-11,13H,5-6,9,12H2,1-2H3,(H,22,25). The van der Waals surface area contributed by atoms with E-state index < -0.39 is 0 Å². The molecule has 140 valence electrons. The molecule has 1 aromatic carbocycles. The average molecular weight is 366 g/mol. The fraction of sp³-hybridized carbons (Fsp3) is 0.300. The highest BCUT2D eigenvalue weighted by Crippen LogP contribution is 2.19. The maximum Gasteiger partial charge on any atom is 0.227 e. The van der Waals surface area contributed by atoms with Gasteiger partial charge in [0, 0.05) is 37.3 Å². The summed E-state index contributed by atoms with van der Waals surface area (Å²) in [6.45, 7) is 2.58. The van der Waals surface area contributed by atoms with Crippen LogP contribution in [0.5, 0.6) is 5.75 Å². The molecule has 1 N–H and O–H groups in total. The third-order valence-electron chi connectivity index (χ3n) is 4.12. The van der Waals surface area contributed by atoms with Gasteiger partial charge < -0.3 is 14.6 Å². The van der Waals surface area contributed by atoms with Crippen LogP contribution in [0.15, 0.2) is 47.2 Å². The van der Waals surface area contributed by atoms with Crippen LogP contribution in [0.1, 0.15) is 23.4 Å². The summed E-state index contributed by atoms with van der Waals surface area (Å²) < 4.78 is 10.6. The number of hydrogen-bond donors (Lipinski definition) is 1. The normalized spacial score (nSPS) is 10.6. The topological polar surface area (TPSA) is 90.1 Å². The molecule has 0 saturated carbocycles. The van der Waals surface area contributed by atoms with Crippen molar-refractivity contribution in [2.24, 2.45) is 0 Å². The lowest BCUT2D eigenvalue weighted by molar-refractivity contribution is -0.121. The number of hydrogen-bond acceptors (Lipinski definition) is 6. The van der Waals surface area contributed by atoms with Gasteiger partial charge in [-0.15, -0.1) is 0 Å². The van der Waals surface area contributed by atoms with E-state index in [1.165, 1.54) is 5.56 Å². The number of ether oxygens (including phenoxy) is 1. The Balaban J connectivity index is 1.45. The van der Waals surface area contributed by atoms with E-state index >= 15 is 0 Å². The molecule has 1 amide bonds. The molecule has 0 unspecified atom stereocenters. The second kappa shape index (κ2) is 8.93. The van der Waals surface area contributed by atoms with E-state index in [4.69, 9.17) is 9.26 Å². The quantitative estimate of drug-likeness (QED) is 0.659. The van der Waals surface area contributed by atoms with Gasteiger partial charge >= 0.3 is 0 Å². The first-order valence-electron chi connectivity index (χ1n) is 8.79. The maximum absolute atomic E-state index is 12.1. The van der Waals surface area contributed by atoms with Crippen LogP contribution in [0.3, 0.4) is 0 Å². The summed E-state index contributed by atoms with van der Waals surface area (Å²) in [4.78, 5) is 20.3. The second-order valence-corrected chi connectivity index (χ2v) is 6.16. The molecule has 0 bridgehead atoms. The van der Waals surface area contributed by atoms with E-state index in [0.717, 1.165) is 16.9 Å². The number of nitrogens with zero attached hydrogens (tertiary/aromatic N) is 3. The second-order valence-electron chi connectivity index (χ2n) is 6.16. The largest absolute Gasteiger partial charge is 0.496 e. The molecular weight excluding hydrogens is 344 g/mol. The van der Waals surface area contributed by atoms with E-state index in [-0.39, 0.29) is 5.91 Å². The minimum Gasteiger partial charge on any atom is -0.496 e. The minimum atomic E-state index is -0.0507. The molecule has 3 rings (SSSR count). The monoisotopic (exact) mass is 366 g/mol. The summed E-state index contributed by atoms with van der Waals surface area (Å²) >= 11 is 0. The van der Waals surface area contributed by atoms with Crippen molar-refractivity contribution >= 4 is 5.91 Å². The number of nitrogens with one attached hydrogen (secondary N) is 1. The molecule has 0 aliphatic carbocycles. The first-order chi connectivity index (χ1) is 13.2. The highest BCUT2D eigenvalue weighted by Gasteiger charge is 2.11. The zero-order chi connectivity index (χ0) is 19.1. The van der Waals surface area contributed by atoms with Crippen molar-refractivity contribution in [2.45, 2.75) is 26.2 Å². The lowest BCUT2D eigenvalue weighted by atomic mass is 10.1. The Bertz CT molecular complexity index is 893. The third kappa shape index (κ3) is 5.13. The number of aryl methyl sites for hydroxylation is 2. The predicted octanol–water partition coefficient (Wildman–Crippen LogP) is 2.74. The molecule has 2 aromatic heterocycles. The van der Waals surface area contributed by atoms with Crippen molar-refractivity contribution in [3.05, 3.63) is 59.7 Å². The zero-order valence-corrected chi connectivity index (χ0v) is 15.4. The average Bonchev–Trinajstić information content (AvgIpc) is 3.16. The SMILES string of the molecule is COc1ccc(C)cc1CCNC(=O)CCc1nc(-c2ccncc2)no1. The van der Waals surface area contributed by atoms with Crippen LogP contribution in [-0.4, -0.2) is 34.7 Å². The molecular formula is C20H22N4O3. The molecule has 0 atom stereocenters. The Hall–Kier alpha value is -3.22. The highest BCUT2D eigenvalue weighted by atomic mass is 16.5. The molecule has 0 radical (unpaired) electrons. The van der Waals surface area contributed by atoms with Crippen LogP contribution in [0.25, 0.3) is 11.4 Å². The number of aromatic nitrogens is 3. The molecule has 0 aliphatic heterocycles. The van der Waals surface area contributed by atoms with Gasteiger partial charge in [0.1, 0.15) is 5.75 Å². The van der Waals surface area contributed by atoms with Gasteiger partial charge in [0.25, 0.3) is 0 Å². The van der Waals surface area contributed by atoms with Crippen LogP contribution < -0.4 is 10.1 Å². The highest BCUT2D eigenvalue weighted by molar-refractivity contribution is 5.76. The predicted molar refractivity (Wildman–Crippen MR) is 100 cm³/mol. The smallest absolute Gasteiger partial charge is 0.227 e. The van der Waals surface area contributed by atoms with E-state index in [0.29, 0.717) is 37.5 Å². The van der Waals surface area contributed by atoms with E-state index in [2.05, 4.69) is 26.5 Å². The van der Waals surface area contributed by atoms with Crippen LogP contribution in [0.4, 0.5) is 0 Å². The van der Waals surface area contributed by atoms with Crippen molar-refractivity contribution in [2.75, 3.05) is 13.7 Å². The number of carbonyl (C=O) groups is 1. The van der Waals surface area contributed by atoms with Crippen molar-refractivity contribution in [1.82, 2.24) is 20.4 Å². The number of methoxy groups -OCH3 is 1. The third-order valence-corrected chi connectivity index (χ3v) is 4.12. The van der Waals surface area contributed by atoms with Crippen molar-refractivity contribution in [3.63, 3.8) is 0 Å². The minimum absolute atomic E-state index is 0.0507. The van der Waals surface area contributed by atoms with Gasteiger partial charge in [0.2, 0.25) is 17.6 Å². The molecule has 0 aliphatic rings. The van der Waals surface area contributed by atoms with Gasteiger partial charge in [-0.1, -0.05) is 22.9 Å². The Kier molecular flexibility index (Phi) is 6.14. The Labute approximate surface area is 157 Å². The Morgan fingerprint density at radius 2 is 2.00 bits per heavy atom. The Morgan fingerprint density at radius 3 is 2.78 bits per heavy atom. The van der Waals surface area contributed by atoms with Gasteiger partial charge in [-0.3, -0.25) is 9.78 Å².